The first-order chi connectivity index (χ1) is 13.4. The fourth-order valence-electron chi connectivity index (χ4n) is 3.69. The highest BCUT2D eigenvalue weighted by Crippen LogP contribution is 2.29. The number of aromatic nitrogens is 4. The Bertz CT molecular complexity index is 806. The summed E-state index contributed by atoms with van der Waals surface area (Å²) in [4.78, 5) is 27.3. The number of unbranched alkanes of at least 4 members (excludes halogenated alkanes) is 1. The van der Waals surface area contributed by atoms with E-state index < -0.39 is 0 Å². The number of piperazine rings is 1. The Morgan fingerprint density at radius 2 is 1.89 bits per heavy atom. The van der Waals surface area contributed by atoms with Gasteiger partial charge in [0.15, 0.2) is 5.65 Å². The summed E-state index contributed by atoms with van der Waals surface area (Å²) in [5, 5.41) is 5.99. The molecule has 2 aromatic heterocycles. The van der Waals surface area contributed by atoms with Crippen molar-refractivity contribution in [1.82, 2.24) is 29.5 Å². The van der Waals surface area contributed by atoms with E-state index in [1.807, 2.05) is 9.58 Å². The van der Waals surface area contributed by atoms with Crippen LogP contribution >= 0.6 is 0 Å². The fourth-order valence-corrected chi connectivity index (χ4v) is 3.69. The standard InChI is InChI=1S/C20H33N7O/c1-6-7-8-27-19-17(16(23-27)13-15(2)3)18(21-14-22-19)25-9-11-26(12-10-25)20(28)24(4)5/h14-15H,6-13H2,1-5H3. The van der Waals surface area contributed by atoms with Crippen molar-refractivity contribution < 1.29 is 4.79 Å². The molecule has 8 nitrogen and oxygen atoms in total. The lowest BCUT2D eigenvalue weighted by Gasteiger charge is -2.36. The highest BCUT2D eigenvalue weighted by molar-refractivity contribution is 5.90. The summed E-state index contributed by atoms with van der Waals surface area (Å²) < 4.78 is 2.05. The van der Waals surface area contributed by atoms with Crippen molar-refractivity contribution in [2.24, 2.45) is 5.92 Å². The SMILES string of the molecule is CCCCn1nc(CC(C)C)c2c(N3CCN(C(=O)N(C)C)CC3)ncnc21. The molecule has 0 N–H and O–H groups in total. The zero-order valence-electron chi connectivity index (χ0n) is 17.9. The molecule has 1 saturated heterocycles. The van der Waals surface area contributed by atoms with Crippen molar-refractivity contribution in [3.05, 3.63) is 12.0 Å². The molecular weight excluding hydrogens is 354 g/mol. The first kappa shape index (κ1) is 20.4. The number of hydrogen-bond donors (Lipinski definition) is 0. The van der Waals surface area contributed by atoms with Crippen LogP contribution in [0.25, 0.3) is 11.0 Å². The molecule has 2 amide bonds. The van der Waals surface area contributed by atoms with Crippen LogP contribution in [0.3, 0.4) is 0 Å². The summed E-state index contributed by atoms with van der Waals surface area (Å²) in [6.45, 7) is 10.4. The number of carbonyl (C=O) groups is 1. The van der Waals surface area contributed by atoms with Gasteiger partial charge < -0.3 is 14.7 Å². The van der Waals surface area contributed by atoms with Crippen LogP contribution in [-0.2, 0) is 13.0 Å². The minimum Gasteiger partial charge on any atom is -0.352 e. The van der Waals surface area contributed by atoms with E-state index in [1.165, 1.54) is 0 Å². The zero-order chi connectivity index (χ0) is 20.3. The molecular formula is C20H33N7O. The molecule has 0 bridgehead atoms. The average Bonchev–Trinajstić information content (AvgIpc) is 3.03. The molecule has 0 atom stereocenters. The number of amides is 2. The van der Waals surface area contributed by atoms with Crippen molar-refractivity contribution >= 4 is 22.9 Å². The minimum absolute atomic E-state index is 0.0698. The first-order valence-electron chi connectivity index (χ1n) is 10.3. The summed E-state index contributed by atoms with van der Waals surface area (Å²) in [5.74, 6) is 1.47. The van der Waals surface area contributed by atoms with E-state index in [0.717, 1.165) is 61.4 Å². The van der Waals surface area contributed by atoms with E-state index in [1.54, 1.807) is 25.3 Å². The maximum atomic E-state index is 12.2. The highest BCUT2D eigenvalue weighted by atomic mass is 16.2. The average molecular weight is 388 g/mol. The summed E-state index contributed by atoms with van der Waals surface area (Å²) >= 11 is 0. The van der Waals surface area contributed by atoms with Crippen molar-refractivity contribution in [3.63, 3.8) is 0 Å². The molecule has 8 heteroatoms. The van der Waals surface area contributed by atoms with Crippen LogP contribution in [-0.4, -0.2) is 75.9 Å². The summed E-state index contributed by atoms with van der Waals surface area (Å²) in [6, 6.07) is 0.0698. The molecule has 3 rings (SSSR count). The van der Waals surface area contributed by atoms with Crippen LogP contribution in [0.4, 0.5) is 10.6 Å². The van der Waals surface area contributed by atoms with Crippen molar-refractivity contribution in [2.75, 3.05) is 45.2 Å². The third-order valence-corrected chi connectivity index (χ3v) is 5.14. The second-order valence-electron chi connectivity index (χ2n) is 8.17. The number of hydrogen-bond acceptors (Lipinski definition) is 5. The lowest BCUT2D eigenvalue weighted by atomic mass is 10.1. The van der Waals surface area contributed by atoms with Crippen LogP contribution in [0.1, 0.15) is 39.3 Å². The Balaban J connectivity index is 1.91. The van der Waals surface area contributed by atoms with Gasteiger partial charge in [0.25, 0.3) is 0 Å². The number of nitrogens with zero attached hydrogens (tertiary/aromatic N) is 7. The number of anilines is 1. The lowest BCUT2D eigenvalue weighted by Crippen LogP contribution is -2.51. The number of fused-ring (bicyclic) bond motifs is 1. The maximum absolute atomic E-state index is 12.2. The van der Waals surface area contributed by atoms with E-state index in [9.17, 15) is 4.79 Å². The van der Waals surface area contributed by atoms with Gasteiger partial charge in [-0.15, -0.1) is 0 Å². The van der Waals surface area contributed by atoms with Crippen LogP contribution in [0.15, 0.2) is 6.33 Å². The van der Waals surface area contributed by atoms with Crippen LogP contribution in [0, 0.1) is 5.92 Å². The molecule has 2 aromatic rings. The van der Waals surface area contributed by atoms with Crippen molar-refractivity contribution in [3.8, 4) is 0 Å². The van der Waals surface area contributed by atoms with Gasteiger partial charge in [-0.3, -0.25) is 0 Å². The molecule has 0 saturated carbocycles. The third-order valence-electron chi connectivity index (χ3n) is 5.14. The van der Waals surface area contributed by atoms with Crippen LogP contribution in [0.5, 0.6) is 0 Å². The summed E-state index contributed by atoms with van der Waals surface area (Å²) in [6.07, 6.45) is 4.77. The van der Waals surface area contributed by atoms with Crippen LogP contribution < -0.4 is 4.90 Å². The van der Waals surface area contributed by atoms with Crippen molar-refractivity contribution in [1.29, 1.82) is 0 Å². The molecule has 154 valence electrons. The first-order valence-corrected chi connectivity index (χ1v) is 10.3. The van der Waals surface area contributed by atoms with Gasteiger partial charge in [0.1, 0.15) is 12.1 Å². The third kappa shape index (κ3) is 4.20. The Morgan fingerprint density at radius 1 is 1.18 bits per heavy atom. The van der Waals surface area contributed by atoms with Gasteiger partial charge in [-0.05, 0) is 18.8 Å². The van der Waals surface area contributed by atoms with Gasteiger partial charge in [0.05, 0.1) is 11.1 Å². The van der Waals surface area contributed by atoms with Crippen LogP contribution in [0.2, 0.25) is 0 Å². The second-order valence-corrected chi connectivity index (χ2v) is 8.17. The van der Waals surface area contributed by atoms with Gasteiger partial charge in [-0.2, -0.15) is 5.10 Å². The van der Waals surface area contributed by atoms with Gasteiger partial charge in [-0.1, -0.05) is 27.2 Å². The largest absolute Gasteiger partial charge is 0.352 e. The summed E-state index contributed by atoms with van der Waals surface area (Å²) in [7, 11) is 3.59. The lowest BCUT2D eigenvalue weighted by molar-refractivity contribution is 0.168. The predicted molar refractivity (Wildman–Crippen MR) is 112 cm³/mol. The molecule has 0 radical (unpaired) electrons. The van der Waals surface area contributed by atoms with Gasteiger partial charge in [0.2, 0.25) is 0 Å². The molecule has 0 aromatic carbocycles. The molecule has 3 heterocycles. The van der Waals surface area contributed by atoms with Gasteiger partial charge in [-0.25, -0.2) is 19.4 Å². The Hall–Kier alpha value is -2.38. The molecule has 1 fully saturated rings. The monoisotopic (exact) mass is 387 g/mol. The number of aryl methyl sites for hydroxylation is 1. The normalized spacial score (nSPS) is 14.9. The Kier molecular flexibility index (Phi) is 6.36. The molecule has 0 unspecified atom stereocenters. The van der Waals surface area contributed by atoms with Gasteiger partial charge in [0, 0.05) is 46.8 Å². The highest BCUT2D eigenvalue weighted by Gasteiger charge is 2.26. The van der Waals surface area contributed by atoms with Crippen molar-refractivity contribution in [2.45, 2.75) is 46.6 Å². The predicted octanol–water partition coefficient (Wildman–Crippen LogP) is 2.63. The van der Waals surface area contributed by atoms with E-state index >= 15 is 0 Å². The molecule has 1 aliphatic rings. The number of carbonyl (C=O) groups excluding carboxylic acids is 1. The molecule has 28 heavy (non-hydrogen) atoms. The molecule has 1 aliphatic heterocycles. The number of urea groups is 1. The second kappa shape index (κ2) is 8.75. The smallest absolute Gasteiger partial charge is 0.319 e. The number of rotatable bonds is 6. The maximum Gasteiger partial charge on any atom is 0.319 e. The zero-order valence-corrected chi connectivity index (χ0v) is 17.9. The fraction of sp³-hybridized carbons (Fsp3) is 0.700. The molecule has 0 spiro atoms. The Labute approximate surface area is 167 Å². The topological polar surface area (TPSA) is 70.4 Å². The van der Waals surface area contributed by atoms with Gasteiger partial charge >= 0.3 is 6.03 Å². The minimum atomic E-state index is 0.0698. The summed E-state index contributed by atoms with van der Waals surface area (Å²) in [5.41, 5.74) is 2.02. The van der Waals surface area contributed by atoms with E-state index in [4.69, 9.17) is 5.10 Å². The van der Waals surface area contributed by atoms with E-state index in [0.29, 0.717) is 19.0 Å². The molecule has 0 aliphatic carbocycles. The quantitative estimate of drug-likeness (QED) is 0.762. The van der Waals surface area contributed by atoms with E-state index in [-0.39, 0.29) is 6.03 Å². The van der Waals surface area contributed by atoms with E-state index in [2.05, 4.69) is 35.6 Å². The Morgan fingerprint density at radius 3 is 2.50 bits per heavy atom.